The van der Waals surface area contributed by atoms with Gasteiger partial charge < -0.3 is 10.5 Å². The molecule has 0 bridgehead atoms. The summed E-state index contributed by atoms with van der Waals surface area (Å²) in [5.74, 6) is 1.27. The number of ether oxygens (including phenoxy) is 1. The van der Waals surface area contributed by atoms with E-state index in [4.69, 9.17) is 22.7 Å². The highest BCUT2D eigenvalue weighted by molar-refractivity contribution is 9.10. The van der Waals surface area contributed by atoms with Crippen molar-refractivity contribution in [2.45, 2.75) is 13.8 Å². The Labute approximate surface area is 125 Å². The van der Waals surface area contributed by atoms with E-state index in [1.165, 1.54) is 0 Å². The zero-order valence-electron chi connectivity index (χ0n) is 10.6. The normalized spacial score (nSPS) is 10.3. The Balaban J connectivity index is 2.24. The molecule has 0 fully saturated rings. The molecule has 0 atom stereocenters. The molecule has 0 aliphatic rings. The van der Waals surface area contributed by atoms with Gasteiger partial charge in [-0.25, -0.2) is 4.98 Å². The summed E-state index contributed by atoms with van der Waals surface area (Å²) >= 11 is 8.40. The molecular weight excluding hydrogens is 324 g/mol. The van der Waals surface area contributed by atoms with Gasteiger partial charge in [0.25, 0.3) is 0 Å². The van der Waals surface area contributed by atoms with Crippen LogP contribution in [0, 0.1) is 13.8 Å². The maximum Gasteiger partial charge on any atom is 0.219 e. The predicted molar refractivity (Wildman–Crippen MR) is 83.8 cm³/mol. The first-order valence-electron chi connectivity index (χ1n) is 5.68. The van der Waals surface area contributed by atoms with Gasteiger partial charge in [-0.3, -0.25) is 0 Å². The van der Waals surface area contributed by atoms with E-state index < -0.39 is 0 Å². The van der Waals surface area contributed by atoms with Crippen LogP contribution in [0.1, 0.15) is 16.7 Å². The number of pyridine rings is 1. The molecule has 19 heavy (non-hydrogen) atoms. The molecule has 2 N–H and O–H groups in total. The highest BCUT2D eigenvalue weighted by Gasteiger charge is 2.05. The standard InChI is InChI=1S/C14H13BrN2OS/c1-8-5-11(6-9(2)13(8)15)18-12-4-3-10(7-17-12)14(16)19/h3-7H,1-2H3,(H2,16,19). The highest BCUT2D eigenvalue weighted by atomic mass is 79.9. The zero-order valence-corrected chi connectivity index (χ0v) is 13.0. The molecule has 0 radical (unpaired) electrons. The first-order chi connectivity index (χ1) is 8.97. The summed E-state index contributed by atoms with van der Waals surface area (Å²) in [7, 11) is 0. The lowest BCUT2D eigenvalue weighted by Gasteiger charge is -2.09. The fourth-order valence-corrected chi connectivity index (χ4v) is 2.02. The molecule has 0 saturated heterocycles. The molecule has 98 valence electrons. The summed E-state index contributed by atoms with van der Waals surface area (Å²) in [6.45, 7) is 4.04. The number of aryl methyl sites for hydroxylation is 2. The van der Waals surface area contributed by atoms with Crippen molar-refractivity contribution in [3.8, 4) is 11.6 Å². The summed E-state index contributed by atoms with van der Waals surface area (Å²) in [4.78, 5) is 4.50. The second-order valence-electron chi connectivity index (χ2n) is 4.22. The van der Waals surface area contributed by atoms with Gasteiger partial charge in [0.15, 0.2) is 0 Å². The molecule has 1 aromatic carbocycles. The SMILES string of the molecule is Cc1cc(Oc2ccc(C(N)=S)cn2)cc(C)c1Br. The number of halogens is 1. The van der Waals surface area contributed by atoms with Crippen LogP contribution in [0.15, 0.2) is 34.9 Å². The molecule has 1 aromatic heterocycles. The van der Waals surface area contributed by atoms with Crippen molar-refractivity contribution in [3.05, 3.63) is 51.6 Å². The third kappa shape index (κ3) is 3.30. The Bertz CT molecular complexity index is 603. The van der Waals surface area contributed by atoms with Crippen molar-refractivity contribution in [1.82, 2.24) is 4.98 Å². The van der Waals surface area contributed by atoms with Crippen molar-refractivity contribution < 1.29 is 4.74 Å². The number of nitrogens with two attached hydrogens (primary N) is 1. The summed E-state index contributed by atoms with van der Waals surface area (Å²) in [6, 6.07) is 7.46. The van der Waals surface area contributed by atoms with Crippen LogP contribution < -0.4 is 10.5 Å². The van der Waals surface area contributed by atoms with Gasteiger partial charge >= 0.3 is 0 Å². The molecular formula is C14H13BrN2OS. The number of aromatic nitrogens is 1. The van der Waals surface area contributed by atoms with Crippen LogP contribution in [-0.4, -0.2) is 9.97 Å². The number of rotatable bonds is 3. The van der Waals surface area contributed by atoms with Gasteiger partial charge in [0.2, 0.25) is 5.88 Å². The third-order valence-corrected chi connectivity index (χ3v) is 4.14. The van der Waals surface area contributed by atoms with Crippen molar-refractivity contribution in [3.63, 3.8) is 0 Å². The van der Waals surface area contributed by atoms with Crippen LogP contribution in [0.25, 0.3) is 0 Å². The molecule has 0 amide bonds. The summed E-state index contributed by atoms with van der Waals surface area (Å²) < 4.78 is 6.81. The van der Waals surface area contributed by atoms with E-state index in [0.717, 1.165) is 26.9 Å². The zero-order chi connectivity index (χ0) is 14.0. The summed E-state index contributed by atoms with van der Waals surface area (Å²) in [6.07, 6.45) is 1.61. The Morgan fingerprint density at radius 3 is 2.37 bits per heavy atom. The van der Waals surface area contributed by atoms with E-state index in [1.54, 1.807) is 18.3 Å². The van der Waals surface area contributed by atoms with Crippen molar-refractivity contribution in [1.29, 1.82) is 0 Å². The number of nitrogens with zero attached hydrogens (tertiary/aromatic N) is 1. The average molecular weight is 337 g/mol. The van der Waals surface area contributed by atoms with Crippen LogP contribution in [0.2, 0.25) is 0 Å². The maximum absolute atomic E-state index is 5.71. The number of benzene rings is 1. The number of hydrogen-bond acceptors (Lipinski definition) is 3. The molecule has 0 spiro atoms. The monoisotopic (exact) mass is 336 g/mol. The second-order valence-corrected chi connectivity index (χ2v) is 5.46. The van der Waals surface area contributed by atoms with Crippen molar-refractivity contribution >= 4 is 33.1 Å². The molecule has 2 rings (SSSR count). The Kier molecular flexibility index (Phi) is 4.17. The topological polar surface area (TPSA) is 48.1 Å². The van der Waals surface area contributed by atoms with Crippen LogP contribution in [0.5, 0.6) is 11.6 Å². The lowest BCUT2D eigenvalue weighted by molar-refractivity contribution is 0.462. The van der Waals surface area contributed by atoms with Crippen LogP contribution >= 0.6 is 28.1 Å². The smallest absolute Gasteiger partial charge is 0.219 e. The van der Waals surface area contributed by atoms with Gasteiger partial charge in [0.05, 0.1) is 0 Å². The van der Waals surface area contributed by atoms with Crippen LogP contribution in [-0.2, 0) is 0 Å². The van der Waals surface area contributed by atoms with E-state index in [1.807, 2.05) is 26.0 Å². The van der Waals surface area contributed by atoms with Gasteiger partial charge in [0, 0.05) is 22.3 Å². The van der Waals surface area contributed by atoms with Gasteiger partial charge in [-0.1, -0.05) is 28.1 Å². The Hall–Kier alpha value is -1.46. The van der Waals surface area contributed by atoms with Crippen molar-refractivity contribution in [2.75, 3.05) is 0 Å². The fourth-order valence-electron chi connectivity index (χ4n) is 1.67. The quantitative estimate of drug-likeness (QED) is 0.864. The van der Waals surface area contributed by atoms with Crippen LogP contribution in [0.4, 0.5) is 0 Å². The first-order valence-corrected chi connectivity index (χ1v) is 6.88. The molecule has 0 aliphatic carbocycles. The largest absolute Gasteiger partial charge is 0.439 e. The van der Waals surface area contributed by atoms with Gasteiger partial charge in [-0.15, -0.1) is 0 Å². The minimum absolute atomic E-state index is 0.328. The number of thiocarbonyl (C=S) groups is 1. The maximum atomic E-state index is 5.71. The minimum atomic E-state index is 0.328. The third-order valence-electron chi connectivity index (χ3n) is 2.65. The minimum Gasteiger partial charge on any atom is -0.439 e. The second kappa shape index (κ2) is 5.67. The van der Waals surface area contributed by atoms with E-state index in [-0.39, 0.29) is 0 Å². The summed E-state index contributed by atoms with van der Waals surface area (Å²) in [5.41, 5.74) is 8.49. The summed E-state index contributed by atoms with van der Waals surface area (Å²) in [5, 5.41) is 0. The highest BCUT2D eigenvalue weighted by Crippen LogP contribution is 2.28. The van der Waals surface area contributed by atoms with E-state index in [2.05, 4.69) is 20.9 Å². The Morgan fingerprint density at radius 1 is 1.26 bits per heavy atom. The predicted octanol–water partition coefficient (Wildman–Crippen LogP) is 3.89. The van der Waals surface area contributed by atoms with E-state index >= 15 is 0 Å². The van der Waals surface area contributed by atoms with E-state index in [0.29, 0.717) is 10.9 Å². The molecule has 3 nitrogen and oxygen atoms in total. The van der Waals surface area contributed by atoms with E-state index in [9.17, 15) is 0 Å². The molecule has 2 aromatic rings. The van der Waals surface area contributed by atoms with Gasteiger partial charge in [-0.05, 0) is 43.2 Å². The lowest BCUT2D eigenvalue weighted by Crippen LogP contribution is -2.09. The number of hydrogen-bond donors (Lipinski definition) is 1. The molecule has 0 saturated carbocycles. The Morgan fingerprint density at radius 2 is 1.89 bits per heavy atom. The molecule has 0 unspecified atom stereocenters. The molecule has 5 heteroatoms. The van der Waals surface area contributed by atoms with Crippen molar-refractivity contribution in [2.24, 2.45) is 5.73 Å². The molecule has 0 aliphatic heterocycles. The van der Waals surface area contributed by atoms with Gasteiger partial charge in [-0.2, -0.15) is 0 Å². The first kappa shape index (κ1) is 14.0. The molecule has 1 heterocycles. The van der Waals surface area contributed by atoms with Crippen LogP contribution in [0.3, 0.4) is 0 Å². The average Bonchev–Trinajstić information content (AvgIpc) is 2.36. The van der Waals surface area contributed by atoms with Gasteiger partial charge in [0.1, 0.15) is 10.7 Å². The fraction of sp³-hybridized carbons (Fsp3) is 0.143. The lowest BCUT2D eigenvalue weighted by atomic mass is 10.1.